The van der Waals surface area contributed by atoms with Crippen molar-refractivity contribution in [2.45, 2.75) is 50.3 Å². The fourth-order valence-electron chi connectivity index (χ4n) is 4.18. The van der Waals surface area contributed by atoms with Gasteiger partial charge < -0.3 is 5.32 Å². The molecule has 8 nitrogen and oxygen atoms in total. The first kappa shape index (κ1) is 24.1. The molecule has 2 aromatic carbocycles. The van der Waals surface area contributed by atoms with Gasteiger partial charge >= 0.3 is 0 Å². The molecule has 0 radical (unpaired) electrons. The highest BCUT2D eigenvalue weighted by atomic mass is 32.2. The van der Waals surface area contributed by atoms with Crippen molar-refractivity contribution in [3.63, 3.8) is 0 Å². The quantitative estimate of drug-likeness (QED) is 0.653. The molecule has 2 heterocycles. The van der Waals surface area contributed by atoms with Gasteiger partial charge in [0.2, 0.25) is 21.8 Å². The van der Waals surface area contributed by atoms with Crippen LogP contribution in [0.3, 0.4) is 0 Å². The number of piperidine rings is 1. The summed E-state index contributed by atoms with van der Waals surface area (Å²) in [4.78, 5) is 25.3. The first-order chi connectivity index (χ1) is 16.3. The molecule has 0 aromatic heterocycles. The number of sulfonamides is 1. The Bertz CT molecular complexity index is 1190. The summed E-state index contributed by atoms with van der Waals surface area (Å²) in [7, 11) is -3.60. The third kappa shape index (κ3) is 5.53. The van der Waals surface area contributed by atoms with Gasteiger partial charge in [0.25, 0.3) is 0 Å². The van der Waals surface area contributed by atoms with Gasteiger partial charge in [-0.15, -0.1) is 0 Å². The van der Waals surface area contributed by atoms with Crippen molar-refractivity contribution < 1.29 is 18.0 Å². The largest absolute Gasteiger partial charge is 0.326 e. The molecule has 2 aromatic rings. The van der Waals surface area contributed by atoms with E-state index in [0.29, 0.717) is 31.7 Å². The van der Waals surface area contributed by atoms with Gasteiger partial charge in [0, 0.05) is 38.0 Å². The van der Waals surface area contributed by atoms with Crippen molar-refractivity contribution >= 4 is 33.2 Å². The molecule has 34 heavy (non-hydrogen) atoms. The summed E-state index contributed by atoms with van der Waals surface area (Å²) < 4.78 is 27.5. The minimum absolute atomic E-state index is 0.00589. The Kier molecular flexibility index (Phi) is 7.43. The van der Waals surface area contributed by atoms with Gasteiger partial charge in [-0.25, -0.2) is 13.4 Å². The summed E-state index contributed by atoms with van der Waals surface area (Å²) in [5, 5.41) is 8.62. The fraction of sp³-hybridized carbons (Fsp3) is 0.400. The molecule has 0 atom stereocenters. The van der Waals surface area contributed by atoms with Crippen LogP contribution < -0.4 is 5.32 Å². The summed E-state index contributed by atoms with van der Waals surface area (Å²) in [6, 6.07) is 14.5. The van der Waals surface area contributed by atoms with E-state index in [1.807, 2.05) is 37.3 Å². The number of anilines is 1. The van der Waals surface area contributed by atoms with Crippen LogP contribution in [0.1, 0.15) is 49.7 Å². The number of hydrogen-bond donors (Lipinski definition) is 1. The maximum atomic E-state index is 13.0. The van der Waals surface area contributed by atoms with E-state index in [4.69, 9.17) is 0 Å². The molecule has 1 N–H and O–H groups in total. The molecule has 1 saturated heterocycles. The predicted octanol–water partition coefficient (Wildman–Crippen LogP) is 3.52. The second-order valence-corrected chi connectivity index (χ2v) is 10.6. The van der Waals surface area contributed by atoms with Crippen LogP contribution in [0.25, 0.3) is 0 Å². The Morgan fingerprint density at radius 3 is 2.44 bits per heavy atom. The maximum absolute atomic E-state index is 13.0. The molecule has 9 heteroatoms. The first-order valence-electron chi connectivity index (χ1n) is 11.7. The Morgan fingerprint density at radius 1 is 0.971 bits per heavy atom. The van der Waals surface area contributed by atoms with Crippen molar-refractivity contribution in [3.05, 3.63) is 59.7 Å². The Balaban J connectivity index is 1.35. The second kappa shape index (κ2) is 10.5. The minimum atomic E-state index is -3.60. The summed E-state index contributed by atoms with van der Waals surface area (Å²) in [6.07, 6.45) is 3.46. The first-order valence-corrected chi connectivity index (χ1v) is 13.1. The summed E-state index contributed by atoms with van der Waals surface area (Å²) in [5.41, 5.74) is 3.06. The SMILES string of the molecule is Cc1ccc(S(=O)(=O)N2CCCCC2)cc1NC(=O)CCC(=O)N1CCC(c2ccccc2)=N1. The van der Waals surface area contributed by atoms with Crippen LogP contribution in [-0.4, -0.2) is 54.9 Å². The van der Waals surface area contributed by atoms with E-state index in [1.165, 1.54) is 15.4 Å². The Labute approximate surface area is 200 Å². The lowest BCUT2D eigenvalue weighted by Gasteiger charge is -2.26. The molecule has 4 rings (SSSR count). The van der Waals surface area contributed by atoms with Crippen molar-refractivity contribution in [1.82, 2.24) is 9.31 Å². The molecule has 2 aliphatic rings. The fourth-order valence-corrected chi connectivity index (χ4v) is 5.73. The molecule has 0 spiro atoms. The normalized spacial score (nSPS) is 16.9. The van der Waals surface area contributed by atoms with Gasteiger partial charge in [0.05, 0.1) is 17.2 Å². The highest BCUT2D eigenvalue weighted by Gasteiger charge is 2.27. The molecule has 180 valence electrons. The third-order valence-electron chi connectivity index (χ3n) is 6.20. The number of carbonyl (C=O) groups is 2. The van der Waals surface area contributed by atoms with Crippen molar-refractivity contribution in [1.29, 1.82) is 0 Å². The van der Waals surface area contributed by atoms with Crippen molar-refractivity contribution in [3.8, 4) is 0 Å². The van der Waals surface area contributed by atoms with Crippen LogP contribution in [-0.2, 0) is 19.6 Å². The molecular formula is C25H30N4O4S. The molecule has 2 amide bonds. The lowest BCUT2D eigenvalue weighted by atomic mass is 10.1. The number of carbonyl (C=O) groups excluding carboxylic acids is 2. The van der Waals surface area contributed by atoms with E-state index in [-0.39, 0.29) is 29.6 Å². The van der Waals surface area contributed by atoms with Gasteiger partial charge in [-0.3, -0.25) is 9.59 Å². The van der Waals surface area contributed by atoms with E-state index in [9.17, 15) is 18.0 Å². The summed E-state index contributed by atoms with van der Waals surface area (Å²) in [6.45, 7) is 3.35. The van der Waals surface area contributed by atoms with E-state index >= 15 is 0 Å². The lowest BCUT2D eigenvalue weighted by molar-refractivity contribution is -0.132. The zero-order chi connectivity index (χ0) is 24.1. The van der Waals surface area contributed by atoms with Crippen LogP contribution in [0.2, 0.25) is 0 Å². The Hall–Kier alpha value is -3.04. The van der Waals surface area contributed by atoms with Gasteiger partial charge in [0.15, 0.2) is 0 Å². The third-order valence-corrected chi connectivity index (χ3v) is 8.09. The van der Waals surface area contributed by atoms with Gasteiger partial charge in [-0.1, -0.05) is 42.8 Å². The predicted molar refractivity (Wildman–Crippen MR) is 131 cm³/mol. The highest BCUT2D eigenvalue weighted by Crippen LogP contribution is 2.25. The second-order valence-electron chi connectivity index (χ2n) is 8.67. The number of amides is 2. The number of nitrogens with one attached hydrogen (secondary N) is 1. The number of nitrogens with zero attached hydrogens (tertiary/aromatic N) is 3. The van der Waals surface area contributed by atoms with E-state index < -0.39 is 10.0 Å². The number of rotatable bonds is 7. The molecule has 0 aliphatic carbocycles. The topological polar surface area (TPSA) is 99.2 Å². The molecule has 0 saturated carbocycles. The van der Waals surface area contributed by atoms with E-state index in [2.05, 4.69) is 10.4 Å². The maximum Gasteiger partial charge on any atom is 0.243 e. The monoisotopic (exact) mass is 482 g/mol. The van der Waals surface area contributed by atoms with Crippen LogP contribution in [0.4, 0.5) is 5.69 Å². The van der Waals surface area contributed by atoms with Crippen molar-refractivity contribution in [2.24, 2.45) is 5.10 Å². The molecular weight excluding hydrogens is 452 g/mol. The van der Waals surface area contributed by atoms with Crippen LogP contribution in [0.15, 0.2) is 58.5 Å². The average molecular weight is 483 g/mol. The average Bonchev–Trinajstić information content (AvgIpc) is 3.35. The number of benzene rings is 2. The zero-order valence-corrected chi connectivity index (χ0v) is 20.2. The number of aryl methyl sites for hydroxylation is 1. The number of hydrogen-bond acceptors (Lipinski definition) is 5. The van der Waals surface area contributed by atoms with Crippen LogP contribution in [0, 0.1) is 6.92 Å². The van der Waals surface area contributed by atoms with E-state index in [0.717, 1.165) is 36.1 Å². The van der Waals surface area contributed by atoms with Crippen LogP contribution in [0.5, 0.6) is 0 Å². The zero-order valence-electron chi connectivity index (χ0n) is 19.4. The molecule has 0 bridgehead atoms. The molecule has 0 unspecified atom stereocenters. The van der Waals surface area contributed by atoms with E-state index in [1.54, 1.807) is 12.1 Å². The lowest BCUT2D eigenvalue weighted by Crippen LogP contribution is -2.35. The highest BCUT2D eigenvalue weighted by molar-refractivity contribution is 7.89. The molecule has 1 fully saturated rings. The van der Waals surface area contributed by atoms with Gasteiger partial charge in [-0.05, 0) is 43.0 Å². The molecule has 2 aliphatic heterocycles. The Morgan fingerprint density at radius 2 is 1.71 bits per heavy atom. The minimum Gasteiger partial charge on any atom is -0.326 e. The number of hydrazone groups is 1. The van der Waals surface area contributed by atoms with Gasteiger partial charge in [-0.2, -0.15) is 9.41 Å². The standard InChI is InChI=1S/C25H30N4O4S/c1-19-10-11-21(34(32,33)28-15-6-3-7-16-28)18-23(19)26-24(30)12-13-25(31)29-17-14-22(27-29)20-8-4-2-5-9-20/h2,4-5,8-11,18H,3,6-7,12-17H2,1H3,(H,26,30). The summed E-state index contributed by atoms with van der Waals surface area (Å²) >= 11 is 0. The smallest absolute Gasteiger partial charge is 0.243 e. The summed E-state index contributed by atoms with van der Waals surface area (Å²) in [5.74, 6) is -0.547. The van der Waals surface area contributed by atoms with Gasteiger partial charge in [0.1, 0.15) is 0 Å². The van der Waals surface area contributed by atoms with Crippen molar-refractivity contribution in [2.75, 3.05) is 25.0 Å². The van der Waals surface area contributed by atoms with Crippen LogP contribution >= 0.6 is 0 Å².